The van der Waals surface area contributed by atoms with Crippen LogP contribution in [-0.4, -0.2) is 43.8 Å². The Morgan fingerprint density at radius 1 is 1.43 bits per heavy atom. The molecule has 1 atom stereocenters. The maximum absolute atomic E-state index is 13.6. The van der Waals surface area contributed by atoms with Crippen LogP contribution in [-0.2, 0) is 19.8 Å². The van der Waals surface area contributed by atoms with E-state index in [1.165, 1.54) is 12.1 Å². The Bertz CT molecular complexity index is 488. The molecule has 0 N–H and O–H groups in total. The van der Waals surface area contributed by atoms with Gasteiger partial charge in [0.05, 0.1) is 31.8 Å². The molecule has 1 aromatic rings. The maximum atomic E-state index is 13.6. The molecule has 0 saturated carbocycles. The number of benzene rings is 1. The van der Waals surface area contributed by atoms with Gasteiger partial charge in [-0.1, -0.05) is 12.1 Å². The number of morpholine rings is 1. The fourth-order valence-electron chi connectivity index (χ4n) is 2.77. The second-order valence-electron chi connectivity index (χ2n) is 5.37. The SMILES string of the molecule is CCOC(=O)CC(C)(c1cccc(F)c1)N1CCOCC1. The average molecular weight is 295 g/mol. The fourth-order valence-corrected chi connectivity index (χ4v) is 2.77. The largest absolute Gasteiger partial charge is 0.466 e. The van der Waals surface area contributed by atoms with Crippen LogP contribution in [0.3, 0.4) is 0 Å². The molecule has 1 aromatic carbocycles. The smallest absolute Gasteiger partial charge is 0.307 e. The van der Waals surface area contributed by atoms with Crippen molar-refractivity contribution in [2.45, 2.75) is 25.8 Å². The molecule has 1 unspecified atom stereocenters. The number of hydrogen-bond acceptors (Lipinski definition) is 4. The van der Waals surface area contributed by atoms with Gasteiger partial charge in [-0.05, 0) is 31.5 Å². The highest BCUT2D eigenvalue weighted by molar-refractivity contribution is 5.71. The Kier molecular flexibility index (Phi) is 5.31. The third kappa shape index (κ3) is 3.80. The van der Waals surface area contributed by atoms with Gasteiger partial charge in [-0.2, -0.15) is 0 Å². The van der Waals surface area contributed by atoms with E-state index in [9.17, 15) is 9.18 Å². The van der Waals surface area contributed by atoms with Gasteiger partial charge in [0.1, 0.15) is 5.82 Å². The molecule has 0 spiro atoms. The van der Waals surface area contributed by atoms with Crippen LogP contribution in [0.1, 0.15) is 25.8 Å². The first-order valence-corrected chi connectivity index (χ1v) is 7.30. The number of rotatable bonds is 5. The normalized spacial score (nSPS) is 19.0. The molecule has 4 nitrogen and oxygen atoms in total. The van der Waals surface area contributed by atoms with E-state index in [2.05, 4.69) is 4.90 Å². The van der Waals surface area contributed by atoms with Gasteiger partial charge in [-0.25, -0.2) is 4.39 Å². The van der Waals surface area contributed by atoms with Gasteiger partial charge >= 0.3 is 5.97 Å². The van der Waals surface area contributed by atoms with Crippen LogP contribution >= 0.6 is 0 Å². The van der Waals surface area contributed by atoms with Crippen LogP contribution in [0.5, 0.6) is 0 Å². The highest BCUT2D eigenvalue weighted by Crippen LogP contribution is 2.33. The minimum absolute atomic E-state index is 0.199. The lowest BCUT2D eigenvalue weighted by molar-refractivity contribution is -0.147. The Morgan fingerprint density at radius 2 is 2.14 bits per heavy atom. The molecule has 21 heavy (non-hydrogen) atoms. The van der Waals surface area contributed by atoms with Gasteiger partial charge in [-0.3, -0.25) is 9.69 Å². The van der Waals surface area contributed by atoms with Crippen LogP contribution in [0.4, 0.5) is 4.39 Å². The van der Waals surface area contributed by atoms with Crippen LogP contribution < -0.4 is 0 Å². The summed E-state index contributed by atoms with van der Waals surface area (Å²) >= 11 is 0. The van der Waals surface area contributed by atoms with Gasteiger partial charge < -0.3 is 9.47 Å². The van der Waals surface area contributed by atoms with Crippen molar-refractivity contribution in [3.05, 3.63) is 35.6 Å². The van der Waals surface area contributed by atoms with Crippen molar-refractivity contribution in [1.82, 2.24) is 4.90 Å². The molecule has 5 heteroatoms. The van der Waals surface area contributed by atoms with Crippen LogP contribution in [0.15, 0.2) is 24.3 Å². The molecule has 1 aliphatic heterocycles. The predicted molar refractivity (Wildman–Crippen MR) is 77.4 cm³/mol. The average Bonchev–Trinajstić information content (AvgIpc) is 2.48. The monoisotopic (exact) mass is 295 g/mol. The van der Waals surface area contributed by atoms with Gasteiger partial charge in [-0.15, -0.1) is 0 Å². The highest BCUT2D eigenvalue weighted by atomic mass is 19.1. The molecule has 1 heterocycles. The molecule has 0 bridgehead atoms. The van der Waals surface area contributed by atoms with Crippen molar-refractivity contribution >= 4 is 5.97 Å². The minimum atomic E-state index is -0.585. The van der Waals surface area contributed by atoms with Crippen molar-refractivity contribution in [3.63, 3.8) is 0 Å². The molecule has 1 fully saturated rings. The molecule has 0 radical (unpaired) electrons. The number of nitrogens with zero attached hydrogens (tertiary/aromatic N) is 1. The lowest BCUT2D eigenvalue weighted by atomic mass is 9.86. The summed E-state index contributed by atoms with van der Waals surface area (Å²) in [5.41, 5.74) is 0.204. The maximum Gasteiger partial charge on any atom is 0.307 e. The summed E-state index contributed by atoms with van der Waals surface area (Å²) in [4.78, 5) is 14.2. The number of hydrogen-bond donors (Lipinski definition) is 0. The molecule has 0 aromatic heterocycles. The summed E-state index contributed by atoms with van der Waals surface area (Å²) in [7, 11) is 0. The Labute approximate surface area is 124 Å². The second-order valence-corrected chi connectivity index (χ2v) is 5.37. The third-order valence-corrected chi connectivity index (χ3v) is 3.95. The summed E-state index contributed by atoms with van der Waals surface area (Å²) in [5, 5.41) is 0. The van der Waals surface area contributed by atoms with Crippen molar-refractivity contribution in [1.29, 1.82) is 0 Å². The quantitative estimate of drug-likeness (QED) is 0.782. The molecule has 2 rings (SSSR count). The summed E-state index contributed by atoms with van der Waals surface area (Å²) in [5.74, 6) is -0.563. The zero-order chi connectivity index (χ0) is 15.3. The van der Waals surface area contributed by atoms with Crippen molar-refractivity contribution in [2.24, 2.45) is 0 Å². The minimum Gasteiger partial charge on any atom is -0.466 e. The lowest BCUT2D eigenvalue weighted by Crippen LogP contribution is -2.50. The lowest BCUT2D eigenvalue weighted by Gasteiger charge is -2.43. The number of carbonyl (C=O) groups is 1. The summed E-state index contributed by atoms with van der Waals surface area (Å²) in [6.45, 7) is 6.76. The van der Waals surface area contributed by atoms with E-state index in [1.807, 2.05) is 13.0 Å². The summed E-state index contributed by atoms with van der Waals surface area (Å²) in [6.07, 6.45) is 0.199. The number of carbonyl (C=O) groups excluding carboxylic acids is 1. The van der Waals surface area contributed by atoms with E-state index in [0.29, 0.717) is 32.9 Å². The topological polar surface area (TPSA) is 38.8 Å². The summed E-state index contributed by atoms with van der Waals surface area (Å²) < 4.78 is 24.1. The van der Waals surface area contributed by atoms with Gasteiger partial charge in [0.25, 0.3) is 0 Å². The molecule has 0 amide bonds. The zero-order valence-corrected chi connectivity index (χ0v) is 12.6. The van der Waals surface area contributed by atoms with Crippen molar-refractivity contribution in [2.75, 3.05) is 32.9 Å². The van der Waals surface area contributed by atoms with Crippen LogP contribution in [0.25, 0.3) is 0 Å². The number of ether oxygens (including phenoxy) is 2. The van der Waals surface area contributed by atoms with Crippen LogP contribution in [0, 0.1) is 5.82 Å². The van der Waals surface area contributed by atoms with E-state index in [0.717, 1.165) is 5.56 Å². The molecule has 1 saturated heterocycles. The standard InChI is InChI=1S/C16H22FNO3/c1-3-21-15(19)12-16(2,18-7-9-20-10-8-18)13-5-4-6-14(17)11-13/h4-6,11H,3,7-10,12H2,1-2H3. The van der Waals surface area contributed by atoms with Gasteiger partial charge in [0, 0.05) is 13.1 Å². The number of halogens is 1. The highest BCUT2D eigenvalue weighted by Gasteiger charge is 2.37. The van der Waals surface area contributed by atoms with Gasteiger partial charge in [0.2, 0.25) is 0 Å². The second kappa shape index (κ2) is 7.00. The molecule has 0 aliphatic carbocycles. The zero-order valence-electron chi connectivity index (χ0n) is 12.6. The van der Waals surface area contributed by atoms with Gasteiger partial charge in [0.15, 0.2) is 0 Å². The Balaban J connectivity index is 2.30. The Hall–Kier alpha value is -1.46. The van der Waals surface area contributed by atoms with E-state index in [4.69, 9.17) is 9.47 Å². The van der Waals surface area contributed by atoms with Crippen molar-refractivity contribution < 1.29 is 18.7 Å². The molecule has 1 aliphatic rings. The fraction of sp³-hybridized carbons (Fsp3) is 0.562. The van der Waals surface area contributed by atoms with Crippen molar-refractivity contribution in [3.8, 4) is 0 Å². The first-order chi connectivity index (χ1) is 10.1. The van der Waals surface area contributed by atoms with E-state index >= 15 is 0 Å². The van der Waals surface area contributed by atoms with E-state index in [1.54, 1.807) is 13.0 Å². The van der Waals surface area contributed by atoms with E-state index < -0.39 is 5.54 Å². The van der Waals surface area contributed by atoms with Crippen LogP contribution in [0.2, 0.25) is 0 Å². The first-order valence-electron chi connectivity index (χ1n) is 7.30. The molecular weight excluding hydrogens is 273 g/mol. The molecule has 116 valence electrons. The van der Waals surface area contributed by atoms with E-state index in [-0.39, 0.29) is 18.2 Å². The first kappa shape index (κ1) is 15.9. The third-order valence-electron chi connectivity index (χ3n) is 3.95. The Morgan fingerprint density at radius 3 is 2.76 bits per heavy atom. The molecular formula is C16H22FNO3. The number of esters is 1. The summed E-state index contributed by atoms with van der Waals surface area (Å²) in [6, 6.07) is 6.44. The predicted octanol–water partition coefficient (Wildman–Crippen LogP) is 2.33.